The molecule has 2 N–H and O–H groups in total. The van der Waals surface area contributed by atoms with E-state index >= 15 is 0 Å². The van der Waals surface area contributed by atoms with E-state index in [0.717, 1.165) is 18.8 Å². The largest absolute Gasteiger partial charge is 0.481 e. The van der Waals surface area contributed by atoms with E-state index in [-0.39, 0.29) is 25.0 Å². The van der Waals surface area contributed by atoms with Crippen molar-refractivity contribution in [2.45, 2.75) is 12.8 Å². The third-order valence-corrected chi connectivity index (χ3v) is 5.20. The molecule has 1 aromatic rings. The van der Waals surface area contributed by atoms with E-state index in [1.165, 1.54) is 4.90 Å². The van der Waals surface area contributed by atoms with E-state index in [9.17, 15) is 14.4 Å². The number of rotatable bonds is 4. The normalized spacial score (nSPS) is 20.3. The van der Waals surface area contributed by atoms with Crippen LogP contribution in [-0.4, -0.2) is 78.6 Å². The van der Waals surface area contributed by atoms with Crippen molar-refractivity contribution in [2.75, 3.05) is 50.7 Å². The second kappa shape index (κ2) is 8.75. The molecule has 0 aliphatic carbocycles. The Morgan fingerprint density at radius 2 is 1.70 bits per heavy atom. The molecule has 2 fully saturated rings. The summed E-state index contributed by atoms with van der Waals surface area (Å²) in [6.45, 7) is 3.43. The third-order valence-electron chi connectivity index (χ3n) is 5.20. The molecule has 0 radical (unpaired) electrons. The number of para-hydroxylation sites is 1. The first kappa shape index (κ1) is 19.0. The molecule has 8 heteroatoms. The molecular formula is C19H26N4O4. The summed E-state index contributed by atoms with van der Waals surface area (Å²) >= 11 is 0. The molecule has 1 unspecified atom stereocenters. The molecule has 0 aromatic heterocycles. The predicted octanol–water partition coefficient (Wildman–Crippen LogP) is 0.841. The fraction of sp³-hybridized carbons (Fsp3) is 0.526. The standard InChI is InChI=1S/C19H26N4O4/c24-17(13-20-19(27)23-8-4-5-15(14-23)18(25)26)22-11-9-21(10-12-22)16-6-2-1-3-7-16/h1-3,6-7,15H,4-5,8-14H2,(H,20,27)(H,25,26). The molecule has 0 saturated carbocycles. The highest BCUT2D eigenvalue weighted by Gasteiger charge is 2.28. The molecule has 0 spiro atoms. The van der Waals surface area contributed by atoms with Crippen LogP contribution in [0.15, 0.2) is 30.3 Å². The first-order valence-electron chi connectivity index (χ1n) is 9.38. The highest BCUT2D eigenvalue weighted by atomic mass is 16.4. The summed E-state index contributed by atoms with van der Waals surface area (Å²) in [6.07, 6.45) is 1.25. The van der Waals surface area contributed by atoms with E-state index in [4.69, 9.17) is 5.11 Å². The van der Waals surface area contributed by atoms with Crippen LogP contribution in [-0.2, 0) is 9.59 Å². The zero-order valence-electron chi connectivity index (χ0n) is 15.3. The number of aliphatic carboxylic acids is 1. The number of nitrogens with one attached hydrogen (secondary N) is 1. The molecule has 2 aliphatic heterocycles. The van der Waals surface area contributed by atoms with Crippen molar-refractivity contribution in [3.63, 3.8) is 0 Å². The van der Waals surface area contributed by atoms with Crippen LogP contribution in [0.2, 0.25) is 0 Å². The summed E-state index contributed by atoms with van der Waals surface area (Å²) in [5, 5.41) is 11.7. The lowest BCUT2D eigenvalue weighted by Crippen LogP contribution is -2.53. The van der Waals surface area contributed by atoms with Crippen molar-refractivity contribution in [1.82, 2.24) is 15.1 Å². The zero-order chi connectivity index (χ0) is 19.2. The number of urea groups is 1. The minimum atomic E-state index is -0.875. The van der Waals surface area contributed by atoms with Crippen LogP contribution in [0.25, 0.3) is 0 Å². The van der Waals surface area contributed by atoms with Crippen LogP contribution in [0, 0.1) is 5.92 Å². The summed E-state index contributed by atoms with van der Waals surface area (Å²) < 4.78 is 0. The zero-order valence-corrected chi connectivity index (χ0v) is 15.3. The molecule has 2 aliphatic rings. The van der Waals surface area contributed by atoms with Gasteiger partial charge in [0.1, 0.15) is 0 Å². The Morgan fingerprint density at radius 3 is 2.37 bits per heavy atom. The number of likely N-dealkylation sites (tertiary alicyclic amines) is 1. The van der Waals surface area contributed by atoms with Gasteiger partial charge in [-0.05, 0) is 25.0 Å². The molecule has 146 valence electrons. The van der Waals surface area contributed by atoms with Crippen molar-refractivity contribution >= 4 is 23.6 Å². The van der Waals surface area contributed by atoms with Gasteiger partial charge in [-0.3, -0.25) is 9.59 Å². The Labute approximate surface area is 158 Å². The maximum absolute atomic E-state index is 12.4. The number of piperidine rings is 1. The lowest BCUT2D eigenvalue weighted by Gasteiger charge is -2.36. The van der Waals surface area contributed by atoms with Gasteiger partial charge in [-0.2, -0.15) is 0 Å². The smallest absolute Gasteiger partial charge is 0.317 e. The number of benzene rings is 1. The van der Waals surface area contributed by atoms with Gasteiger partial charge >= 0.3 is 12.0 Å². The topological polar surface area (TPSA) is 93.2 Å². The molecule has 8 nitrogen and oxygen atoms in total. The fourth-order valence-electron chi connectivity index (χ4n) is 3.59. The Balaban J connectivity index is 1.42. The maximum Gasteiger partial charge on any atom is 0.317 e. The number of nitrogens with zero attached hydrogens (tertiary/aromatic N) is 3. The van der Waals surface area contributed by atoms with Gasteiger partial charge in [-0.25, -0.2) is 4.79 Å². The van der Waals surface area contributed by atoms with Crippen molar-refractivity contribution in [2.24, 2.45) is 5.92 Å². The van der Waals surface area contributed by atoms with Crippen LogP contribution in [0.3, 0.4) is 0 Å². The van der Waals surface area contributed by atoms with Crippen molar-refractivity contribution < 1.29 is 19.5 Å². The summed E-state index contributed by atoms with van der Waals surface area (Å²) in [6, 6.07) is 9.72. The molecule has 3 amide bonds. The summed E-state index contributed by atoms with van der Waals surface area (Å²) in [4.78, 5) is 41.2. The number of anilines is 1. The highest BCUT2D eigenvalue weighted by molar-refractivity contribution is 5.84. The highest BCUT2D eigenvalue weighted by Crippen LogP contribution is 2.17. The molecule has 1 atom stereocenters. The van der Waals surface area contributed by atoms with E-state index in [2.05, 4.69) is 22.3 Å². The van der Waals surface area contributed by atoms with Gasteiger partial charge in [-0.1, -0.05) is 18.2 Å². The van der Waals surface area contributed by atoms with Gasteiger partial charge in [0.2, 0.25) is 5.91 Å². The lowest BCUT2D eigenvalue weighted by atomic mass is 9.99. The van der Waals surface area contributed by atoms with Crippen LogP contribution in [0.4, 0.5) is 10.5 Å². The Kier molecular flexibility index (Phi) is 6.16. The predicted molar refractivity (Wildman–Crippen MR) is 101 cm³/mol. The van der Waals surface area contributed by atoms with Crippen LogP contribution >= 0.6 is 0 Å². The third kappa shape index (κ3) is 4.90. The van der Waals surface area contributed by atoms with Crippen molar-refractivity contribution in [3.05, 3.63) is 30.3 Å². The van der Waals surface area contributed by atoms with Crippen LogP contribution in [0.1, 0.15) is 12.8 Å². The van der Waals surface area contributed by atoms with Gasteiger partial charge in [0, 0.05) is 45.0 Å². The second-order valence-electron chi connectivity index (χ2n) is 6.99. The number of carbonyl (C=O) groups excluding carboxylic acids is 2. The number of carbonyl (C=O) groups is 3. The monoisotopic (exact) mass is 374 g/mol. The Hall–Kier alpha value is -2.77. The SMILES string of the molecule is O=C(O)C1CCCN(C(=O)NCC(=O)N2CCN(c3ccccc3)CC2)C1. The summed E-state index contributed by atoms with van der Waals surface area (Å²) in [5.41, 5.74) is 1.15. The minimum Gasteiger partial charge on any atom is -0.481 e. The first-order chi connectivity index (χ1) is 13.0. The molecule has 1 aromatic carbocycles. The van der Waals surface area contributed by atoms with Gasteiger partial charge < -0.3 is 25.1 Å². The van der Waals surface area contributed by atoms with E-state index in [0.29, 0.717) is 32.5 Å². The minimum absolute atomic E-state index is 0.0571. The maximum atomic E-state index is 12.4. The van der Waals surface area contributed by atoms with Crippen LogP contribution in [0.5, 0.6) is 0 Å². The second-order valence-corrected chi connectivity index (χ2v) is 6.99. The van der Waals surface area contributed by atoms with E-state index in [1.807, 2.05) is 18.2 Å². The van der Waals surface area contributed by atoms with Gasteiger partial charge in [0.25, 0.3) is 0 Å². The number of hydrogen-bond acceptors (Lipinski definition) is 4. The molecule has 0 bridgehead atoms. The first-order valence-corrected chi connectivity index (χ1v) is 9.38. The van der Waals surface area contributed by atoms with Gasteiger partial charge in [0.15, 0.2) is 0 Å². The van der Waals surface area contributed by atoms with Crippen molar-refractivity contribution in [1.29, 1.82) is 0 Å². The van der Waals surface area contributed by atoms with Gasteiger partial charge in [0.05, 0.1) is 12.5 Å². The summed E-state index contributed by atoms with van der Waals surface area (Å²) in [7, 11) is 0. The average Bonchev–Trinajstić information content (AvgIpc) is 2.72. The fourth-order valence-corrected chi connectivity index (χ4v) is 3.59. The molecular weight excluding hydrogens is 348 g/mol. The molecule has 27 heavy (non-hydrogen) atoms. The molecule has 3 rings (SSSR count). The number of carboxylic acid groups (broad SMARTS) is 1. The molecule has 2 heterocycles. The Morgan fingerprint density at radius 1 is 1.00 bits per heavy atom. The lowest BCUT2D eigenvalue weighted by molar-refractivity contribution is -0.143. The van der Waals surface area contributed by atoms with Crippen LogP contribution < -0.4 is 10.2 Å². The van der Waals surface area contributed by atoms with E-state index in [1.54, 1.807) is 4.90 Å². The van der Waals surface area contributed by atoms with E-state index < -0.39 is 11.9 Å². The number of piperazine rings is 1. The number of amides is 3. The van der Waals surface area contributed by atoms with Gasteiger partial charge in [-0.15, -0.1) is 0 Å². The Bertz CT molecular complexity index is 674. The molecule has 2 saturated heterocycles. The summed E-state index contributed by atoms with van der Waals surface area (Å²) in [5.74, 6) is -1.51. The number of hydrogen-bond donors (Lipinski definition) is 2. The average molecular weight is 374 g/mol. The quantitative estimate of drug-likeness (QED) is 0.815. The number of carboxylic acids is 1. The van der Waals surface area contributed by atoms with Crippen molar-refractivity contribution in [3.8, 4) is 0 Å².